The van der Waals surface area contributed by atoms with E-state index >= 15 is 0 Å². The number of nitrogens with two attached hydrogens (primary N) is 1. The summed E-state index contributed by atoms with van der Waals surface area (Å²) in [5, 5.41) is 3.05. The van der Waals surface area contributed by atoms with Crippen molar-refractivity contribution < 1.29 is 14.3 Å². The first kappa shape index (κ1) is 15.1. The SMILES string of the molecule is COC(=O)c1ccc(N)c(Nc2ccc(Br)c(OC)c2)n1. The Labute approximate surface area is 130 Å². The number of benzene rings is 1. The molecule has 0 aliphatic rings. The number of hydrogen-bond donors (Lipinski definition) is 2. The van der Waals surface area contributed by atoms with E-state index in [1.165, 1.54) is 13.2 Å². The standard InChI is InChI=1S/C14H14BrN3O3/c1-20-12-7-8(3-4-9(12)15)17-13-10(16)5-6-11(18-13)14(19)21-2/h3-7H,16H2,1-2H3,(H,17,18). The molecule has 0 unspecified atom stereocenters. The first-order chi connectivity index (χ1) is 10.0. The normalized spacial score (nSPS) is 10.0. The summed E-state index contributed by atoms with van der Waals surface area (Å²) in [5.41, 5.74) is 7.19. The van der Waals surface area contributed by atoms with Crippen molar-refractivity contribution in [3.63, 3.8) is 0 Å². The van der Waals surface area contributed by atoms with Gasteiger partial charge in [-0.25, -0.2) is 9.78 Å². The predicted molar refractivity (Wildman–Crippen MR) is 84.0 cm³/mol. The van der Waals surface area contributed by atoms with Gasteiger partial charge in [-0.3, -0.25) is 0 Å². The number of esters is 1. The van der Waals surface area contributed by atoms with E-state index in [-0.39, 0.29) is 5.69 Å². The van der Waals surface area contributed by atoms with Crippen LogP contribution in [0.25, 0.3) is 0 Å². The zero-order valence-corrected chi connectivity index (χ0v) is 13.1. The van der Waals surface area contributed by atoms with Crippen molar-refractivity contribution in [2.45, 2.75) is 0 Å². The number of anilines is 3. The Hall–Kier alpha value is -2.28. The lowest BCUT2D eigenvalue weighted by Crippen LogP contribution is -2.08. The Morgan fingerprint density at radius 1 is 1.29 bits per heavy atom. The third kappa shape index (κ3) is 3.43. The molecule has 1 heterocycles. The molecule has 1 aromatic carbocycles. The number of nitrogen functional groups attached to an aromatic ring is 1. The minimum absolute atomic E-state index is 0.179. The maximum Gasteiger partial charge on any atom is 0.356 e. The second-order valence-electron chi connectivity index (χ2n) is 4.10. The van der Waals surface area contributed by atoms with Crippen LogP contribution >= 0.6 is 15.9 Å². The Morgan fingerprint density at radius 3 is 2.71 bits per heavy atom. The first-order valence-corrected chi connectivity index (χ1v) is 6.80. The zero-order chi connectivity index (χ0) is 15.4. The number of nitrogens with zero attached hydrogens (tertiary/aromatic N) is 1. The number of ether oxygens (including phenoxy) is 2. The molecule has 0 spiro atoms. The van der Waals surface area contributed by atoms with Crippen molar-refractivity contribution in [2.75, 3.05) is 25.3 Å². The largest absolute Gasteiger partial charge is 0.495 e. The summed E-state index contributed by atoms with van der Waals surface area (Å²) in [4.78, 5) is 15.6. The molecule has 0 atom stereocenters. The lowest BCUT2D eigenvalue weighted by molar-refractivity contribution is 0.0594. The maximum absolute atomic E-state index is 11.5. The van der Waals surface area contributed by atoms with Gasteiger partial charge in [0.25, 0.3) is 0 Å². The highest BCUT2D eigenvalue weighted by molar-refractivity contribution is 9.10. The molecule has 0 saturated carbocycles. The molecule has 0 fully saturated rings. The molecule has 0 radical (unpaired) electrons. The van der Waals surface area contributed by atoms with E-state index in [1.54, 1.807) is 19.2 Å². The van der Waals surface area contributed by atoms with Gasteiger partial charge in [-0.05, 0) is 40.2 Å². The van der Waals surface area contributed by atoms with Gasteiger partial charge < -0.3 is 20.5 Å². The van der Waals surface area contributed by atoms with E-state index in [0.717, 1.165) is 10.2 Å². The second-order valence-corrected chi connectivity index (χ2v) is 4.95. The molecule has 110 valence electrons. The van der Waals surface area contributed by atoms with Crippen molar-refractivity contribution in [1.82, 2.24) is 4.98 Å². The minimum atomic E-state index is -0.522. The Morgan fingerprint density at radius 2 is 2.05 bits per heavy atom. The molecule has 6 nitrogen and oxygen atoms in total. The zero-order valence-electron chi connectivity index (χ0n) is 11.5. The summed E-state index contributed by atoms with van der Waals surface area (Å²) in [5.74, 6) is 0.524. The topological polar surface area (TPSA) is 86.5 Å². The molecule has 0 aliphatic carbocycles. The molecule has 2 rings (SSSR count). The van der Waals surface area contributed by atoms with E-state index in [9.17, 15) is 4.79 Å². The third-order valence-electron chi connectivity index (χ3n) is 2.73. The Kier molecular flexibility index (Phi) is 4.64. The van der Waals surface area contributed by atoms with Gasteiger partial charge in [-0.1, -0.05) is 0 Å². The average Bonchev–Trinajstić information content (AvgIpc) is 2.50. The number of hydrogen-bond acceptors (Lipinski definition) is 6. The van der Waals surface area contributed by atoms with Gasteiger partial charge in [0.1, 0.15) is 5.75 Å². The van der Waals surface area contributed by atoms with Crippen molar-refractivity contribution in [3.8, 4) is 5.75 Å². The summed E-state index contributed by atoms with van der Waals surface area (Å²) in [6, 6.07) is 8.56. The Bertz CT molecular complexity index is 677. The molecule has 21 heavy (non-hydrogen) atoms. The number of aromatic nitrogens is 1. The van der Waals surface area contributed by atoms with E-state index < -0.39 is 5.97 Å². The van der Waals surface area contributed by atoms with Crippen LogP contribution in [0.5, 0.6) is 5.75 Å². The van der Waals surface area contributed by atoms with Gasteiger partial charge in [-0.15, -0.1) is 0 Å². The first-order valence-electron chi connectivity index (χ1n) is 6.00. The third-order valence-corrected chi connectivity index (χ3v) is 3.39. The summed E-state index contributed by atoms with van der Waals surface area (Å²) in [6.07, 6.45) is 0. The fourth-order valence-corrected chi connectivity index (χ4v) is 2.07. The molecule has 0 saturated heterocycles. The molecule has 3 N–H and O–H groups in total. The molecule has 1 aromatic heterocycles. The maximum atomic E-state index is 11.5. The fraction of sp³-hybridized carbons (Fsp3) is 0.143. The quantitative estimate of drug-likeness (QED) is 0.823. The minimum Gasteiger partial charge on any atom is -0.495 e. The number of pyridine rings is 1. The fourth-order valence-electron chi connectivity index (χ4n) is 1.66. The van der Waals surface area contributed by atoms with Gasteiger partial charge in [0.05, 0.1) is 24.4 Å². The van der Waals surface area contributed by atoms with Crippen LogP contribution in [0.15, 0.2) is 34.8 Å². The number of nitrogens with one attached hydrogen (secondary N) is 1. The highest BCUT2D eigenvalue weighted by Gasteiger charge is 2.11. The number of rotatable bonds is 4. The predicted octanol–water partition coefficient (Wildman–Crippen LogP) is 2.97. The lowest BCUT2D eigenvalue weighted by atomic mass is 10.2. The summed E-state index contributed by atoms with van der Waals surface area (Å²) < 4.78 is 10.7. The molecule has 0 bridgehead atoms. The number of methoxy groups -OCH3 is 2. The molecular formula is C14H14BrN3O3. The van der Waals surface area contributed by atoms with Crippen molar-refractivity contribution >= 4 is 39.1 Å². The molecular weight excluding hydrogens is 338 g/mol. The Balaban J connectivity index is 2.32. The van der Waals surface area contributed by atoms with Gasteiger partial charge >= 0.3 is 5.97 Å². The second kappa shape index (κ2) is 6.45. The van der Waals surface area contributed by atoms with Crippen molar-refractivity contribution in [1.29, 1.82) is 0 Å². The van der Waals surface area contributed by atoms with Crippen LogP contribution in [0, 0.1) is 0 Å². The van der Waals surface area contributed by atoms with Crippen LogP contribution < -0.4 is 15.8 Å². The molecule has 0 amide bonds. The van der Waals surface area contributed by atoms with Crippen molar-refractivity contribution in [3.05, 3.63) is 40.5 Å². The monoisotopic (exact) mass is 351 g/mol. The van der Waals surface area contributed by atoms with Crippen LogP contribution in [-0.4, -0.2) is 25.2 Å². The van der Waals surface area contributed by atoms with Crippen molar-refractivity contribution in [2.24, 2.45) is 0 Å². The van der Waals surface area contributed by atoms with Crippen LogP contribution in [-0.2, 0) is 4.74 Å². The van der Waals surface area contributed by atoms with Gasteiger partial charge in [0.15, 0.2) is 11.5 Å². The average molecular weight is 352 g/mol. The van der Waals surface area contributed by atoms with E-state index in [4.69, 9.17) is 10.5 Å². The lowest BCUT2D eigenvalue weighted by Gasteiger charge is -2.11. The molecule has 7 heteroatoms. The van der Waals surface area contributed by atoms with Crippen LogP contribution in [0.2, 0.25) is 0 Å². The van der Waals surface area contributed by atoms with Gasteiger partial charge in [-0.2, -0.15) is 0 Å². The summed E-state index contributed by atoms with van der Waals surface area (Å²) >= 11 is 3.38. The highest BCUT2D eigenvalue weighted by atomic mass is 79.9. The highest BCUT2D eigenvalue weighted by Crippen LogP contribution is 2.30. The van der Waals surface area contributed by atoms with Crippen LogP contribution in [0.1, 0.15) is 10.5 Å². The number of carbonyl (C=O) groups excluding carboxylic acids is 1. The van der Waals surface area contributed by atoms with Gasteiger partial charge in [0.2, 0.25) is 0 Å². The summed E-state index contributed by atoms with van der Waals surface area (Å²) in [6.45, 7) is 0. The number of halogens is 1. The summed E-state index contributed by atoms with van der Waals surface area (Å²) in [7, 11) is 2.88. The van der Waals surface area contributed by atoms with Crippen LogP contribution in [0.3, 0.4) is 0 Å². The van der Waals surface area contributed by atoms with Crippen LogP contribution in [0.4, 0.5) is 17.2 Å². The smallest absolute Gasteiger partial charge is 0.356 e. The van der Waals surface area contributed by atoms with E-state index in [1.807, 2.05) is 12.1 Å². The van der Waals surface area contributed by atoms with Gasteiger partial charge in [0, 0.05) is 11.8 Å². The number of carbonyl (C=O) groups is 1. The molecule has 0 aliphatic heterocycles. The van der Waals surface area contributed by atoms with E-state index in [2.05, 4.69) is 31.0 Å². The van der Waals surface area contributed by atoms with E-state index in [0.29, 0.717) is 17.3 Å². The molecule has 2 aromatic rings.